The molecule has 0 saturated heterocycles. The molecule has 2 N–H and O–H groups in total. The Morgan fingerprint density at radius 2 is 2.27 bits per heavy atom. The molecule has 1 rings (SSSR count). The first-order chi connectivity index (χ1) is 7.15. The summed E-state index contributed by atoms with van der Waals surface area (Å²) in [4.78, 5) is 8.28. The second-order valence-electron chi connectivity index (χ2n) is 3.33. The maximum absolute atomic E-state index is 5.64. The van der Waals surface area contributed by atoms with Crippen LogP contribution in [0.2, 0.25) is 0 Å². The van der Waals surface area contributed by atoms with Crippen LogP contribution >= 0.6 is 11.8 Å². The van der Waals surface area contributed by atoms with Crippen molar-refractivity contribution >= 4 is 17.6 Å². The van der Waals surface area contributed by atoms with Crippen LogP contribution in [0, 0.1) is 0 Å². The number of nitrogen functional groups attached to an aromatic ring is 1. The van der Waals surface area contributed by atoms with Crippen LogP contribution in [-0.4, -0.2) is 22.3 Å². The van der Waals surface area contributed by atoms with Crippen molar-refractivity contribution < 1.29 is 4.74 Å². The van der Waals surface area contributed by atoms with Gasteiger partial charge in [0.25, 0.3) is 0 Å². The Hall–Kier alpha value is -0.970. The maximum atomic E-state index is 5.64. The molecule has 1 heterocycles. The van der Waals surface area contributed by atoms with Gasteiger partial charge in [0.05, 0.1) is 6.10 Å². The SMILES string of the molecule is CCCC(C)Oc1cc(N)nc(SC)n1. The molecular formula is C10H17N3OS. The number of aromatic nitrogens is 2. The molecule has 1 aromatic heterocycles. The highest BCUT2D eigenvalue weighted by atomic mass is 32.2. The van der Waals surface area contributed by atoms with Gasteiger partial charge in [0, 0.05) is 6.07 Å². The van der Waals surface area contributed by atoms with Crippen molar-refractivity contribution in [2.75, 3.05) is 12.0 Å². The topological polar surface area (TPSA) is 61.0 Å². The molecule has 0 aliphatic rings. The molecule has 0 radical (unpaired) electrons. The van der Waals surface area contributed by atoms with E-state index in [-0.39, 0.29) is 6.10 Å². The molecular weight excluding hydrogens is 210 g/mol. The minimum atomic E-state index is 0.166. The molecule has 5 heteroatoms. The first-order valence-corrected chi connectivity index (χ1v) is 6.23. The fourth-order valence-electron chi connectivity index (χ4n) is 1.24. The van der Waals surface area contributed by atoms with Gasteiger partial charge in [-0.1, -0.05) is 25.1 Å². The van der Waals surface area contributed by atoms with Gasteiger partial charge in [-0.2, -0.15) is 4.98 Å². The number of hydrogen-bond acceptors (Lipinski definition) is 5. The number of hydrogen-bond donors (Lipinski definition) is 1. The quantitative estimate of drug-likeness (QED) is 0.618. The summed E-state index contributed by atoms with van der Waals surface area (Å²) >= 11 is 1.46. The molecule has 0 spiro atoms. The Morgan fingerprint density at radius 3 is 2.87 bits per heavy atom. The molecule has 0 amide bonds. The zero-order chi connectivity index (χ0) is 11.3. The molecule has 0 fully saturated rings. The minimum Gasteiger partial charge on any atom is -0.474 e. The second kappa shape index (κ2) is 5.80. The number of anilines is 1. The standard InChI is InChI=1S/C10H17N3OS/c1-4-5-7(2)14-9-6-8(11)12-10(13-9)15-3/h6-7H,4-5H2,1-3H3,(H2,11,12,13). The van der Waals surface area contributed by atoms with E-state index >= 15 is 0 Å². The highest BCUT2D eigenvalue weighted by Crippen LogP contribution is 2.18. The van der Waals surface area contributed by atoms with Crippen molar-refractivity contribution in [3.8, 4) is 5.88 Å². The Kier molecular flexibility index (Phi) is 4.68. The molecule has 1 atom stereocenters. The van der Waals surface area contributed by atoms with Gasteiger partial charge >= 0.3 is 0 Å². The van der Waals surface area contributed by atoms with E-state index in [1.165, 1.54) is 11.8 Å². The number of nitrogens with two attached hydrogens (primary N) is 1. The van der Waals surface area contributed by atoms with E-state index in [1.54, 1.807) is 6.07 Å². The Morgan fingerprint density at radius 1 is 1.53 bits per heavy atom. The molecule has 0 aliphatic carbocycles. The van der Waals surface area contributed by atoms with E-state index in [9.17, 15) is 0 Å². The van der Waals surface area contributed by atoms with Crippen molar-refractivity contribution in [3.05, 3.63) is 6.07 Å². The Bertz CT molecular complexity index is 320. The number of rotatable bonds is 5. The van der Waals surface area contributed by atoms with Crippen LogP contribution in [0.5, 0.6) is 5.88 Å². The lowest BCUT2D eigenvalue weighted by atomic mass is 10.2. The Labute approximate surface area is 94.6 Å². The van der Waals surface area contributed by atoms with Gasteiger partial charge in [-0.25, -0.2) is 4.98 Å². The fraction of sp³-hybridized carbons (Fsp3) is 0.600. The summed E-state index contributed by atoms with van der Waals surface area (Å²) in [5.41, 5.74) is 5.64. The maximum Gasteiger partial charge on any atom is 0.219 e. The van der Waals surface area contributed by atoms with Crippen LogP contribution in [0.4, 0.5) is 5.82 Å². The predicted octanol–water partition coefficient (Wildman–Crippen LogP) is 2.35. The molecule has 4 nitrogen and oxygen atoms in total. The summed E-state index contributed by atoms with van der Waals surface area (Å²) in [5, 5.41) is 0.647. The van der Waals surface area contributed by atoms with Crippen LogP contribution < -0.4 is 10.5 Å². The summed E-state index contributed by atoms with van der Waals surface area (Å²) in [7, 11) is 0. The van der Waals surface area contributed by atoms with Crippen LogP contribution in [0.15, 0.2) is 11.2 Å². The lowest BCUT2D eigenvalue weighted by Crippen LogP contribution is -2.12. The first-order valence-electron chi connectivity index (χ1n) is 5.01. The summed E-state index contributed by atoms with van der Waals surface area (Å²) in [6.07, 6.45) is 4.18. The van der Waals surface area contributed by atoms with Gasteiger partial charge in [-0.05, 0) is 19.6 Å². The molecule has 0 bridgehead atoms. The fourth-order valence-corrected chi connectivity index (χ4v) is 1.62. The highest BCUT2D eigenvalue weighted by molar-refractivity contribution is 7.98. The molecule has 0 aliphatic heterocycles. The summed E-state index contributed by atoms with van der Waals surface area (Å²) in [6.45, 7) is 4.15. The van der Waals surface area contributed by atoms with Gasteiger partial charge < -0.3 is 10.5 Å². The number of nitrogens with zero attached hydrogens (tertiary/aromatic N) is 2. The Balaban J connectivity index is 2.71. The van der Waals surface area contributed by atoms with Crippen LogP contribution in [-0.2, 0) is 0 Å². The zero-order valence-electron chi connectivity index (χ0n) is 9.36. The number of ether oxygens (including phenoxy) is 1. The lowest BCUT2D eigenvalue weighted by molar-refractivity contribution is 0.200. The summed E-state index contributed by atoms with van der Waals surface area (Å²) in [6, 6.07) is 1.66. The van der Waals surface area contributed by atoms with Crippen LogP contribution in [0.3, 0.4) is 0 Å². The average molecular weight is 227 g/mol. The van der Waals surface area contributed by atoms with Crippen molar-refractivity contribution in [1.29, 1.82) is 0 Å². The van der Waals surface area contributed by atoms with E-state index in [0.717, 1.165) is 12.8 Å². The largest absolute Gasteiger partial charge is 0.474 e. The smallest absolute Gasteiger partial charge is 0.219 e. The summed E-state index contributed by atoms with van der Waals surface area (Å²) < 4.78 is 5.63. The van der Waals surface area contributed by atoms with Gasteiger partial charge in [0.1, 0.15) is 5.82 Å². The monoisotopic (exact) mass is 227 g/mol. The van der Waals surface area contributed by atoms with E-state index in [2.05, 4.69) is 16.9 Å². The van der Waals surface area contributed by atoms with Gasteiger partial charge in [0.2, 0.25) is 5.88 Å². The van der Waals surface area contributed by atoms with Crippen molar-refractivity contribution in [1.82, 2.24) is 9.97 Å². The molecule has 0 saturated carbocycles. The van der Waals surface area contributed by atoms with Crippen molar-refractivity contribution in [3.63, 3.8) is 0 Å². The normalized spacial score (nSPS) is 12.5. The van der Waals surface area contributed by atoms with Gasteiger partial charge in [-0.15, -0.1) is 0 Å². The minimum absolute atomic E-state index is 0.166. The summed E-state index contributed by atoms with van der Waals surface area (Å²) in [5.74, 6) is 1.01. The molecule has 84 valence electrons. The average Bonchev–Trinajstić information content (AvgIpc) is 2.17. The molecule has 1 aromatic rings. The van der Waals surface area contributed by atoms with Gasteiger partial charge in [-0.3, -0.25) is 0 Å². The van der Waals surface area contributed by atoms with Crippen molar-refractivity contribution in [2.24, 2.45) is 0 Å². The molecule has 0 aromatic carbocycles. The molecule has 1 unspecified atom stereocenters. The third-order valence-electron chi connectivity index (χ3n) is 1.90. The third-order valence-corrected chi connectivity index (χ3v) is 2.45. The zero-order valence-corrected chi connectivity index (χ0v) is 10.2. The van der Waals surface area contributed by atoms with Crippen molar-refractivity contribution in [2.45, 2.75) is 37.9 Å². The third kappa shape index (κ3) is 3.95. The van der Waals surface area contributed by atoms with E-state index in [1.807, 2.05) is 13.2 Å². The van der Waals surface area contributed by atoms with E-state index < -0.39 is 0 Å². The lowest BCUT2D eigenvalue weighted by Gasteiger charge is -2.13. The second-order valence-corrected chi connectivity index (χ2v) is 4.11. The van der Waals surface area contributed by atoms with E-state index in [0.29, 0.717) is 16.9 Å². The van der Waals surface area contributed by atoms with Crippen LogP contribution in [0.1, 0.15) is 26.7 Å². The van der Waals surface area contributed by atoms with Gasteiger partial charge in [0.15, 0.2) is 5.16 Å². The van der Waals surface area contributed by atoms with E-state index in [4.69, 9.17) is 10.5 Å². The molecule has 15 heavy (non-hydrogen) atoms. The number of thioether (sulfide) groups is 1. The first kappa shape index (κ1) is 12.1. The van der Waals surface area contributed by atoms with Crippen LogP contribution in [0.25, 0.3) is 0 Å². The highest BCUT2D eigenvalue weighted by Gasteiger charge is 2.06. The predicted molar refractivity (Wildman–Crippen MR) is 63.2 cm³/mol.